The first kappa shape index (κ1) is 24.2. The molecule has 1 fully saturated rings. The van der Waals surface area contributed by atoms with Crippen LogP contribution in [-0.2, 0) is 17.9 Å². The van der Waals surface area contributed by atoms with Gasteiger partial charge in [0.25, 0.3) is 0 Å². The van der Waals surface area contributed by atoms with Gasteiger partial charge in [-0.05, 0) is 44.5 Å². The van der Waals surface area contributed by atoms with Gasteiger partial charge < -0.3 is 10.6 Å². The molecule has 1 amide bonds. The van der Waals surface area contributed by atoms with Crippen LogP contribution in [0.1, 0.15) is 44.2 Å². The lowest BCUT2D eigenvalue weighted by molar-refractivity contribution is -0.124. The molecule has 2 atom stereocenters. The molecule has 2 unspecified atom stereocenters. The van der Waals surface area contributed by atoms with E-state index in [1.54, 1.807) is 0 Å². The summed E-state index contributed by atoms with van der Waals surface area (Å²) in [7, 11) is 1.87. The van der Waals surface area contributed by atoms with Gasteiger partial charge in [0.15, 0.2) is 0 Å². The largest absolute Gasteiger partial charge is 0.352 e. The minimum Gasteiger partial charge on any atom is -0.352 e. The number of rotatable bonds is 7. The number of carbonyl (C=O) groups is 1. The Kier molecular flexibility index (Phi) is 12.1. The first-order chi connectivity index (χ1) is 11.1. The van der Waals surface area contributed by atoms with Crippen LogP contribution in [0.5, 0.6) is 0 Å². The van der Waals surface area contributed by atoms with Crippen LogP contribution < -0.4 is 10.6 Å². The van der Waals surface area contributed by atoms with E-state index in [0.29, 0.717) is 19.1 Å². The molecule has 1 aliphatic rings. The van der Waals surface area contributed by atoms with E-state index in [1.807, 2.05) is 14.0 Å². The number of carbonyl (C=O) groups excluding carboxylic acids is 1. The Morgan fingerprint density at radius 3 is 2.44 bits per heavy atom. The first-order valence-electron chi connectivity index (χ1n) is 8.84. The van der Waals surface area contributed by atoms with Crippen molar-refractivity contribution in [2.75, 3.05) is 20.1 Å². The first-order valence-corrected chi connectivity index (χ1v) is 8.84. The van der Waals surface area contributed by atoms with E-state index in [1.165, 1.54) is 31.4 Å². The standard InChI is InChI=1S/C19H31N3O.2ClH/c1-15(12-20-3)19(23)21-13-17-7-9-18(10-8-17)14-22-11-5-4-6-16(22)2;;/h7-10,15-16,20H,4-6,11-14H2,1-3H3,(H,21,23);2*1H. The fraction of sp³-hybridized carbons (Fsp3) is 0.632. The van der Waals surface area contributed by atoms with Gasteiger partial charge in [-0.15, -0.1) is 24.8 Å². The van der Waals surface area contributed by atoms with Gasteiger partial charge in [0, 0.05) is 31.6 Å². The quantitative estimate of drug-likeness (QED) is 0.750. The van der Waals surface area contributed by atoms with Gasteiger partial charge in [-0.1, -0.05) is 37.6 Å². The molecule has 0 saturated carbocycles. The molecule has 1 saturated heterocycles. The third-order valence-electron chi connectivity index (χ3n) is 4.77. The van der Waals surface area contributed by atoms with E-state index in [9.17, 15) is 4.79 Å². The molecule has 144 valence electrons. The number of nitrogens with one attached hydrogen (secondary N) is 2. The molecule has 25 heavy (non-hydrogen) atoms. The van der Waals surface area contributed by atoms with Crippen molar-refractivity contribution >= 4 is 30.7 Å². The smallest absolute Gasteiger partial charge is 0.224 e. The summed E-state index contributed by atoms with van der Waals surface area (Å²) in [5.41, 5.74) is 2.52. The van der Waals surface area contributed by atoms with E-state index in [0.717, 1.165) is 12.1 Å². The molecule has 1 heterocycles. The molecule has 1 aromatic rings. The van der Waals surface area contributed by atoms with Crippen LogP contribution in [0, 0.1) is 5.92 Å². The van der Waals surface area contributed by atoms with E-state index in [-0.39, 0.29) is 36.6 Å². The SMILES string of the molecule is CNCC(C)C(=O)NCc1ccc(CN2CCCCC2C)cc1.Cl.Cl. The maximum Gasteiger partial charge on any atom is 0.224 e. The zero-order chi connectivity index (χ0) is 16.7. The van der Waals surface area contributed by atoms with Crippen molar-refractivity contribution in [3.63, 3.8) is 0 Å². The number of hydrogen-bond donors (Lipinski definition) is 2. The summed E-state index contributed by atoms with van der Waals surface area (Å²) < 4.78 is 0. The number of nitrogens with zero attached hydrogens (tertiary/aromatic N) is 1. The van der Waals surface area contributed by atoms with Crippen LogP contribution in [-0.4, -0.2) is 37.0 Å². The molecular weight excluding hydrogens is 357 g/mol. The Morgan fingerprint density at radius 1 is 1.20 bits per heavy atom. The molecule has 2 N–H and O–H groups in total. The fourth-order valence-corrected chi connectivity index (χ4v) is 3.15. The van der Waals surface area contributed by atoms with Crippen LogP contribution in [0.2, 0.25) is 0 Å². The number of benzene rings is 1. The van der Waals surface area contributed by atoms with Gasteiger partial charge in [-0.25, -0.2) is 0 Å². The van der Waals surface area contributed by atoms with E-state index >= 15 is 0 Å². The highest BCUT2D eigenvalue weighted by atomic mass is 35.5. The van der Waals surface area contributed by atoms with Crippen LogP contribution >= 0.6 is 24.8 Å². The molecule has 6 heteroatoms. The highest BCUT2D eigenvalue weighted by Crippen LogP contribution is 2.19. The van der Waals surface area contributed by atoms with E-state index in [4.69, 9.17) is 0 Å². The second kappa shape index (κ2) is 12.5. The molecular formula is C19H33Cl2N3O. The predicted molar refractivity (Wildman–Crippen MR) is 110 cm³/mol. The second-order valence-corrected chi connectivity index (χ2v) is 6.81. The van der Waals surface area contributed by atoms with Gasteiger partial charge in [0.1, 0.15) is 0 Å². The van der Waals surface area contributed by atoms with Crippen molar-refractivity contribution in [1.29, 1.82) is 0 Å². The lowest BCUT2D eigenvalue weighted by Crippen LogP contribution is -2.36. The minimum atomic E-state index is -0.000127. The lowest BCUT2D eigenvalue weighted by Gasteiger charge is -2.33. The third-order valence-corrected chi connectivity index (χ3v) is 4.77. The molecule has 0 aliphatic carbocycles. The summed E-state index contributed by atoms with van der Waals surface area (Å²) in [4.78, 5) is 14.5. The number of amides is 1. The third kappa shape index (κ3) is 7.95. The maximum atomic E-state index is 11.9. The number of hydrogen-bond acceptors (Lipinski definition) is 3. The van der Waals surface area contributed by atoms with Gasteiger partial charge in [-0.2, -0.15) is 0 Å². The molecule has 0 aromatic heterocycles. The zero-order valence-electron chi connectivity index (χ0n) is 15.6. The summed E-state index contributed by atoms with van der Waals surface area (Å²) in [6, 6.07) is 9.34. The number of piperidine rings is 1. The Balaban J connectivity index is 0.00000288. The molecule has 0 bridgehead atoms. The van der Waals surface area contributed by atoms with Crippen molar-refractivity contribution < 1.29 is 4.79 Å². The van der Waals surface area contributed by atoms with Crippen LogP contribution in [0.3, 0.4) is 0 Å². The van der Waals surface area contributed by atoms with Gasteiger partial charge >= 0.3 is 0 Å². The predicted octanol–water partition coefficient (Wildman–Crippen LogP) is 3.38. The van der Waals surface area contributed by atoms with E-state index in [2.05, 4.69) is 46.7 Å². The maximum absolute atomic E-state index is 11.9. The van der Waals surface area contributed by atoms with Crippen molar-refractivity contribution in [3.05, 3.63) is 35.4 Å². The average Bonchev–Trinajstić information content (AvgIpc) is 2.56. The fourth-order valence-electron chi connectivity index (χ4n) is 3.15. The highest BCUT2D eigenvalue weighted by molar-refractivity contribution is 5.85. The van der Waals surface area contributed by atoms with E-state index < -0.39 is 0 Å². The zero-order valence-corrected chi connectivity index (χ0v) is 17.2. The topological polar surface area (TPSA) is 44.4 Å². The molecule has 0 spiro atoms. The van der Waals surface area contributed by atoms with Crippen LogP contribution in [0.15, 0.2) is 24.3 Å². The summed E-state index contributed by atoms with van der Waals surface area (Å²) in [5.74, 6) is 0.102. The van der Waals surface area contributed by atoms with Crippen molar-refractivity contribution in [3.8, 4) is 0 Å². The number of halogens is 2. The second-order valence-electron chi connectivity index (χ2n) is 6.81. The van der Waals surface area contributed by atoms with Crippen molar-refractivity contribution in [2.24, 2.45) is 5.92 Å². The molecule has 2 rings (SSSR count). The Morgan fingerprint density at radius 2 is 1.84 bits per heavy atom. The van der Waals surface area contributed by atoms with Gasteiger partial charge in [0.2, 0.25) is 5.91 Å². The average molecular weight is 390 g/mol. The summed E-state index contributed by atoms with van der Waals surface area (Å²) >= 11 is 0. The van der Waals surface area contributed by atoms with Crippen molar-refractivity contribution in [1.82, 2.24) is 15.5 Å². The summed E-state index contributed by atoms with van der Waals surface area (Å²) in [6.07, 6.45) is 4.00. The normalized spacial score (nSPS) is 18.6. The highest BCUT2D eigenvalue weighted by Gasteiger charge is 2.18. The lowest BCUT2D eigenvalue weighted by atomic mass is 10.0. The Bertz CT molecular complexity index is 496. The van der Waals surface area contributed by atoms with Gasteiger partial charge in [0.05, 0.1) is 0 Å². The Hall–Kier alpha value is -0.810. The Labute approximate surface area is 164 Å². The molecule has 1 aromatic carbocycles. The molecule has 1 aliphatic heterocycles. The molecule has 4 nitrogen and oxygen atoms in total. The van der Waals surface area contributed by atoms with Crippen LogP contribution in [0.25, 0.3) is 0 Å². The summed E-state index contributed by atoms with van der Waals surface area (Å²) in [6.45, 7) is 7.82. The summed E-state index contributed by atoms with van der Waals surface area (Å²) in [5, 5.41) is 6.03. The monoisotopic (exact) mass is 389 g/mol. The molecule has 0 radical (unpaired) electrons. The van der Waals surface area contributed by atoms with Crippen molar-refractivity contribution in [2.45, 2.75) is 52.2 Å². The minimum absolute atomic E-state index is 0. The van der Waals surface area contributed by atoms with Gasteiger partial charge in [-0.3, -0.25) is 9.69 Å². The number of likely N-dealkylation sites (tertiary alicyclic amines) is 1. The van der Waals surface area contributed by atoms with Crippen LogP contribution in [0.4, 0.5) is 0 Å².